The van der Waals surface area contributed by atoms with Gasteiger partial charge in [-0.25, -0.2) is 0 Å². The van der Waals surface area contributed by atoms with Gasteiger partial charge in [0.05, 0.1) is 11.7 Å². The Bertz CT molecular complexity index is 376. The summed E-state index contributed by atoms with van der Waals surface area (Å²) in [7, 11) is 2.14. The minimum atomic E-state index is 0.613. The molecule has 0 saturated heterocycles. The standard InChI is InChI=1S/C11H18N4/c1-14-6-9-10(7-14)15(13-11(9)12)8-4-2-3-5-8/h8H,2-7H2,1H3,(H2,12,13). The van der Waals surface area contributed by atoms with Crippen molar-refractivity contribution in [3.63, 3.8) is 0 Å². The molecule has 1 fully saturated rings. The van der Waals surface area contributed by atoms with Gasteiger partial charge in [-0.2, -0.15) is 5.10 Å². The van der Waals surface area contributed by atoms with Crippen LogP contribution in [0.15, 0.2) is 0 Å². The highest BCUT2D eigenvalue weighted by Crippen LogP contribution is 2.35. The van der Waals surface area contributed by atoms with Crippen molar-refractivity contribution >= 4 is 5.82 Å². The molecule has 0 aromatic carbocycles. The highest BCUT2D eigenvalue weighted by Gasteiger charge is 2.28. The summed E-state index contributed by atoms with van der Waals surface area (Å²) in [4.78, 5) is 2.30. The summed E-state index contributed by atoms with van der Waals surface area (Å²) in [6, 6.07) is 0.613. The van der Waals surface area contributed by atoms with E-state index < -0.39 is 0 Å². The predicted octanol–water partition coefficient (Wildman–Crippen LogP) is 1.53. The third-order valence-corrected chi connectivity index (χ3v) is 3.67. The molecule has 1 aliphatic carbocycles. The van der Waals surface area contributed by atoms with Gasteiger partial charge in [-0.15, -0.1) is 0 Å². The molecule has 1 aliphatic heterocycles. The van der Waals surface area contributed by atoms with Crippen LogP contribution in [0.2, 0.25) is 0 Å². The van der Waals surface area contributed by atoms with Gasteiger partial charge in [0, 0.05) is 18.7 Å². The van der Waals surface area contributed by atoms with Gasteiger partial charge >= 0.3 is 0 Å². The van der Waals surface area contributed by atoms with E-state index in [1.165, 1.54) is 36.9 Å². The van der Waals surface area contributed by atoms with Crippen molar-refractivity contribution in [3.05, 3.63) is 11.3 Å². The van der Waals surface area contributed by atoms with Crippen LogP contribution in [0.3, 0.4) is 0 Å². The highest BCUT2D eigenvalue weighted by molar-refractivity contribution is 5.44. The molecule has 3 rings (SSSR count). The molecule has 0 atom stereocenters. The smallest absolute Gasteiger partial charge is 0.150 e. The molecule has 82 valence electrons. The van der Waals surface area contributed by atoms with Crippen LogP contribution in [0.5, 0.6) is 0 Å². The topological polar surface area (TPSA) is 47.1 Å². The molecule has 2 N–H and O–H groups in total. The number of hydrogen-bond donors (Lipinski definition) is 1. The fraction of sp³-hybridized carbons (Fsp3) is 0.727. The van der Waals surface area contributed by atoms with Gasteiger partial charge in [0.1, 0.15) is 5.82 Å². The number of nitrogens with zero attached hydrogens (tertiary/aromatic N) is 3. The van der Waals surface area contributed by atoms with Gasteiger partial charge in [-0.1, -0.05) is 12.8 Å². The minimum Gasteiger partial charge on any atom is -0.382 e. The van der Waals surface area contributed by atoms with Crippen molar-refractivity contribution in [1.29, 1.82) is 0 Å². The predicted molar refractivity (Wildman–Crippen MR) is 59.3 cm³/mol. The Labute approximate surface area is 90.0 Å². The summed E-state index contributed by atoms with van der Waals surface area (Å²) in [5.74, 6) is 0.751. The van der Waals surface area contributed by atoms with Gasteiger partial charge in [-0.05, 0) is 19.9 Å². The molecule has 2 aliphatic rings. The second kappa shape index (κ2) is 3.23. The second-order valence-electron chi connectivity index (χ2n) is 4.87. The SMILES string of the molecule is CN1Cc2c(N)nn(C3CCCC3)c2C1. The van der Waals surface area contributed by atoms with Gasteiger partial charge in [0.15, 0.2) is 0 Å². The molecule has 2 heterocycles. The zero-order chi connectivity index (χ0) is 10.4. The molecule has 0 bridgehead atoms. The molecule has 1 saturated carbocycles. The van der Waals surface area contributed by atoms with Crippen LogP contribution >= 0.6 is 0 Å². The quantitative estimate of drug-likeness (QED) is 0.758. The van der Waals surface area contributed by atoms with Crippen LogP contribution in [-0.4, -0.2) is 21.7 Å². The molecule has 0 spiro atoms. The van der Waals surface area contributed by atoms with Crippen molar-refractivity contribution in [2.45, 2.75) is 44.8 Å². The molecule has 15 heavy (non-hydrogen) atoms. The molecule has 1 aromatic heterocycles. The largest absolute Gasteiger partial charge is 0.382 e. The Morgan fingerprint density at radius 1 is 1.27 bits per heavy atom. The maximum atomic E-state index is 5.96. The monoisotopic (exact) mass is 206 g/mol. The zero-order valence-electron chi connectivity index (χ0n) is 9.24. The van der Waals surface area contributed by atoms with Crippen LogP contribution in [-0.2, 0) is 13.1 Å². The summed E-state index contributed by atoms with van der Waals surface area (Å²) in [6.45, 7) is 1.98. The molecule has 4 nitrogen and oxygen atoms in total. The number of anilines is 1. The number of hydrogen-bond acceptors (Lipinski definition) is 3. The highest BCUT2D eigenvalue weighted by atomic mass is 15.4. The van der Waals surface area contributed by atoms with Crippen molar-refractivity contribution in [3.8, 4) is 0 Å². The van der Waals surface area contributed by atoms with Gasteiger partial charge in [0.2, 0.25) is 0 Å². The Balaban J connectivity index is 1.99. The van der Waals surface area contributed by atoms with E-state index in [-0.39, 0.29) is 0 Å². The third kappa shape index (κ3) is 1.35. The third-order valence-electron chi connectivity index (χ3n) is 3.67. The lowest BCUT2D eigenvalue weighted by atomic mass is 10.2. The molecular formula is C11H18N4. The van der Waals surface area contributed by atoms with E-state index in [1.54, 1.807) is 0 Å². The average Bonchev–Trinajstić information content (AvgIpc) is 2.85. The Morgan fingerprint density at radius 3 is 2.73 bits per heavy atom. The summed E-state index contributed by atoms with van der Waals surface area (Å²) in [5.41, 5.74) is 8.59. The van der Waals surface area contributed by atoms with Crippen molar-refractivity contribution < 1.29 is 0 Å². The van der Waals surface area contributed by atoms with Gasteiger partial charge in [-0.3, -0.25) is 9.58 Å². The lowest BCUT2D eigenvalue weighted by molar-refractivity contribution is 0.334. The van der Waals surface area contributed by atoms with Crippen molar-refractivity contribution in [1.82, 2.24) is 14.7 Å². The fourth-order valence-corrected chi connectivity index (χ4v) is 2.90. The first kappa shape index (κ1) is 9.21. The fourth-order valence-electron chi connectivity index (χ4n) is 2.90. The molecular weight excluding hydrogens is 188 g/mol. The van der Waals surface area contributed by atoms with Crippen LogP contribution in [0.1, 0.15) is 43.0 Å². The van der Waals surface area contributed by atoms with E-state index in [0.717, 1.165) is 18.9 Å². The zero-order valence-corrected chi connectivity index (χ0v) is 9.24. The Morgan fingerprint density at radius 2 is 2.00 bits per heavy atom. The number of fused-ring (bicyclic) bond motifs is 1. The van der Waals surface area contributed by atoms with Crippen molar-refractivity contribution in [2.75, 3.05) is 12.8 Å². The minimum absolute atomic E-state index is 0.613. The molecule has 0 amide bonds. The van der Waals surface area contributed by atoms with Gasteiger partial charge < -0.3 is 5.73 Å². The first-order chi connectivity index (χ1) is 7.25. The number of nitrogen functional groups attached to an aromatic ring is 1. The number of nitrogens with two attached hydrogens (primary N) is 1. The lowest BCUT2D eigenvalue weighted by Gasteiger charge is -2.14. The molecule has 1 aromatic rings. The first-order valence-corrected chi connectivity index (χ1v) is 5.80. The van der Waals surface area contributed by atoms with Crippen LogP contribution in [0, 0.1) is 0 Å². The van der Waals surface area contributed by atoms with E-state index in [4.69, 9.17) is 5.73 Å². The second-order valence-corrected chi connectivity index (χ2v) is 4.87. The first-order valence-electron chi connectivity index (χ1n) is 5.80. The van der Waals surface area contributed by atoms with Crippen LogP contribution < -0.4 is 5.73 Å². The molecule has 0 unspecified atom stereocenters. The molecule has 4 heteroatoms. The van der Waals surface area contributed by atoms with Crippen LogP contribution in [0.4, 0.5) is 5.82 Å². The van der Waals surface area contributed by atoms with E-state index in [0.29, 0.717) is 6.04 Å². The van der Waals surface area contributed by atoms with E-state index in [2.05, 4.69) is 21.7 Å². The summed E-state index contributed by atoms with van der Waals surface area (Å²) < 4.78 is 2.21. The van der Waals surface area contributed by atoms with E-state index in [1.807, 2.05) is 0 Å². The maximum absolute atomic E-state index is 5.96. The van der Waals surface area contributed by atoms with Crippen LogP contribution in [0.25, 0.3) is 0 Å². The molecule has 0 radical (unpaired) electrons. The number of rotatable bonds is 1. The van der Waals surface area contributed by atoms with E-state index >= 15 is 0 Å². The Hall–Kier alpha value is -1.03. The average molecular weight is 206 g/mol. The lowest BCUT2D eigenvalue weighted by Crippen LogP contribution is -2.15. The van der Waals surface area contributed by atoms with Gasteiger partial charge in [0.25, 0.3) is 0 Å². The van der Waals surface area contributed by atoms with E-state index in [9.17, 15) is 0 Å². The summed E-state index contributed by atoms with van der Waals surface area (Å²) in [5, 5.41) is 4.52. The number of aromatic nitrogens is 2. The normalized spacial score (nSPS) is 22.5. The summed E-state index contributed by atoms with van der Waals surface area (Å²) >= 11 is 0. The maximum Gasteiger partial charge on any atom is 0.150 e. The summed E-state index contributed by atoms with van der Waals surface area (Å²) in [6.07, 6.45) is 5.23. The van der Waals surface area contributed by atoms with Crippen molar-refractivity contribution in [2.24, 2.45) is 0 Å². The Kier molecular flexibility index (Phi) is 1.99.